The Morgan fingerprint density at radius 3 is 2.68 bits per heavy atom. The van der Waals surface area contributed by atoms with Crippen LogP contribution in [0.2, 0.25) is 0 Å². The fraction of sp³-hybridized carbons (Fsp3) is 0.462. The normalized spacial score (nSPS) is 12.0. The first-order chi connectivity index (χ1) is 8.99. The number of aliphatic hydroxyl groups is 1. The average molecular weight is 284 g/mol. The summed E-state index contributed by atoms with van der Waals surface area (Å²) in [6.07, 6.45) is -0.583. The molecule has 0 spiro atoms. The minimum absolute atomic E-state index is 0.275. The molecule has 0 heterocycles. The highest BCUT2D eigenvalue weighted by molar-refractivity contribution is 7.80. The van der Waals surface area contributed by atoms with Crippen LogP contribution in [0.5, 0.6) is 5.75 Å². The van der Waals surface area contributed by atoms with Gasteiger partial charge in [0.25, 0.3) is 0 Å². The predicted molar refractivity (Wildman–Crippen MR) is 80.0 cm³/mol. The summed E-state index contributed by atoms with van der Waals surface area (Å²) >= 11 is 5.04. The molecule has 3 N–H and O–H groups in total. The summed E-state index contributed by atoms with van der Waals surface area (Å²) in [5, 5.41) is 9.77. The maximum Gasteiger partial charge on any atom is 0.120 e. The first-order valence-electron chi connectivity index (χ1n) is 5.85. The number of rotatable bonds is 7. The van der Waals surface area contributed by atoms with Crippen molar-refractivity contribution in [1.29, 1.82) is 0 Å². The van der Waals surface area contributed by atoms with Crippen LogP contribution >= 0.6 is 12.2 Å². The van der Waals surface area contributed by atoms with Crippen LogP contribution in [-0.4, -0.2) is 50.6 Å². The number of ether oxygens (including phenoxy) is 2. The fourth-order valence-corrected chi connectivity index (χ4v) is 1.99. The first kappa shape index (κ1) is 15.7. The lowest BCUT2D eigenvalue weighted by molar-refractivity contribution is 0.0695. The summed E-state index contributed by atoms with van der Waals surface area (Å²) < 4.78 is 10.1. The molecule has 1 unspecified atom stereocenters. The number of thiocarbonyl (C=S) groups is 1. The second kappa shape index (κ2) is 7.28. The first-order valence-corrected chi connectivity index (χ1v) is 6.26. The van der Waals surface area contributed by atoms with Crippen LogP contribution in [0, 0.1) is 0 Å². The maximum atomic E-state index is 9.77. The van der Waals surface area contributed by atoms with Crippen molar-refractivity contribution in [3.8, 4) is 5.75 Å². The van der Waals surface area contributed by atoms with Crippen LogP contribution in [0.3, 0.4) is 0 Å². The van der Waals surface area contributed by atoms with Gasteiger partial charge in [-0.2, -0.15) is 0 Å². The SMILES string of the molecule is COCC(O)CN(C)c1cc(OC)ccc1C(N)=S. The van der Waals surface area contributed by atoms with Crippen LogP contribution in [0.4, 0.5) is 5.69 Å². The van der Waals surface area contributed by atoms with Crippen molar-refractivity contribution in [2.45, 2.75) is 6.10 Å². The Morgan fingerprint density at radius 2 is 2.16 bits per heavy atom. The average Bonchev–Trinajstić information content (AvgIpc) is 2.37. The molecule has 1 aromatic carbocycles. The standard InChI is InChI=1S/C13H20N2O3S/c1-15(7-9(16)8-17-2)12-6-10(18-3)4-5-11(12)13(14)19/h4-6,9,16H,7-8H2,1-3H3,(H2,14,19). The third-order valence-corrected chi connectivity index (χ3v) is 2.95. The third kappa shape index (κ3) is 4.34. The van der Waals surface area contributed by atoms with Crippen LogP contribution in [-0.2, 0) is 4.74 Å². The van der Waals surface area contributed by atoms with Gasteiger partial charge >= 0.3 is 0 Å². The highest BCUT2D eigenvalue weighted by Gasteiger charge is 2.14. The van der Waals surface area contributed by atoms with E-state index in [1.165, 1.54) is 0 Å². The van der Waals surface area contributed by atoms with E-state index >= 15 is 0 Å². The Kier molecular flexibility index (Phi) is 6.01. The maximum absolute atomic E-state index is 9.77. The lowest BCUT2D eigenvalue weighted by Gasteiger charge is -2.25. The van der Waals surface area contributed by atoms with Crippen LogP contribution in [0.25, 0.3) is 0 Å². The Balaban J connectivity index is 2.98. The van der Waals surface area contributed by atoms with Gasteiger partial charge in [-0.1, -0.05) is 12.2 Å². The smallest absolute Gasteiger partial charge is 0.120 e. The molecule has 0 aromatic heterocycles. The van der Waals surface area contributed by atoms with Gasteiger partial charge in [0.05, 0.1) is 25.5 Å². The van der Waals surface area contributed by atoms with Crippen molar-refractivity contribution < 1.29 is 14.6 Å². The Bertz CT molecular complexity index is 440. The monoisotopic (exact) mass is 284 g/mol. The molecule has 0 saturated carbocycles. The zero-order chi connectivity index (χ0) is 14.4. The van der Waals surface area contributed by atoms with Gasteiger partial charge in [-0.25, -0.2) is 0 Å². The minimum Gasteiger partial charge on any atom is -0.497 e. The zero-order valence-corrected chi connectivity index (χ0v) is 12.2. The Labute approximate surface area is 118 Å². The molecule has 1 aromatic rings. The number of likely N-dealkylation sites (N-methyl/N-ethyl adjacent to an activating group) is 1. The van der Waals surface area contributed by atoms with E-state index < -0.39 is 6.10 Å². The molecule has 1 rings (SSSR count). The van der Waals surface area contributed by atoms with Crippen molar-refractivity contribution in [3.63, 3.8) is 0 Å². The second-order valence-electron chi connectivity index (χ2n) is 4.24. The highest BCUT2D eigenvalue weighted by atomic mass is 32.1. The molecule has 1 atom stereocenters. The van der Waals surface area contributed by atoms with Crippen LogP contribution in [0.15, 0.2) is 18.2 Å². The largest absolute Gasteiger partial charge is 0.497 e. The Morgan fingerprint density at radius 1 is 1.47 bits per heavy atom. The summed E-state index contributed by atoms with van der Waals surface area (Å²) in [5.41, 5.74) is 7.28. The molecule has 0 aliphatic heterocycles. The van der Waals surface area contributed by atoms with Crippen LogP contribution < -0.4 is 15.4 Å². The summed E-state index contributed by atoms with van der Waals surface area (Å²) in [4.78, 5) is 2.19. The summed E-state index contributed by atoms with van der Waals surface area (Å²) in [5.74, 6) is 0.711. The van der Waals surface area contributed by atoms with Gasteiger partial charge in [0.15, 0.2) is 0 Å². The van der Waals surface area contributed by atoms with Crippen molar-refractivity contribution in [1.82, 2.24) is 0 Å². The number of nitrogens with zero attached hydrogens (tertiary/aromatic N) is 1. The molecule has 5 nitrogen and oxygen atoms in total. The molecule has 0 radical (unpaired) electrons. The van der Waals surface area contributed by atoms with E-state index in [1.807, 2.05) is 24.1 Å². The van der Waals surface area contributed by atoms with E-state index in [0.717, 1.165) is 11.3 Å². The minimum atomic E-state index is -0.583. The number of benzene rings is 1. The van der Waals surface area contributed by atoms with Crippen molar-refractivity contribution in [3.05, 3.63) is 23.8 Å². The van der Waals surface area contributed by atoms with Gasteiger partial charge < -0.3 is 25.2 Å². The summed E-state index contributed by atoms with van der Waals surface area (Å²) in [6.45, 7) is 0.688. The third-order valence-electron chi connectivity index (χ3n) is 2.73. The molecular weight excluding hydrogens is 264 g/mol. The van der Waals surface area contributed by atoms with Gasteiger partial charge in [-0.05, 0) is 12.1 Å². The molecule has 0 aliphatic rings. The fourth-order valence-electron chi connectivity index (χ4n) is 1.82. The van der Waals surface area contributed by atoms with Gasteiger partial charge in [0, 0.05) is 32.3 Å². The van der Waals surface area contributed by atoms with Crippen molar-refractivity contribution in [2.75, 3.05) is 39.3 Å². The number of hydrogen-bond donors (Lipinski definition) is 2. The molecule has 0 aliphatic carbocycles. The number of hydrogen-bond acceptors (Lipinski definition) is 5. The predicted octanol–water partition coefficient (Wildman–Crippen LogP) is 0.773. The van der Waals surface area contributed by atoms with E-state index in [2.05, 4.69) is 0 Å². The van der Waals surface area contributed by atoms with E-state index in [0.29, 0.717) is 17.3 Å². The zero-order valence-electron chi connectivity index (χ0n) is 11.4. The molecule has 19 heavy (non-hydrogen) atoms. The molecule has 0 amide bonds. The molecule has 0 bridgehead atoms. The van der Waals surface area contributed by atoms with E-state index in [1.54, 1.807) is 20.3 Å². The summed E-state index contributed by atoms with van der Waals surface area (Å²) in [6, 6.07) is 5.46. The molecule has 6 heteroatoms. The van der Waals surface area contributed by atoms with Gasteiger partial charge in [-0.15, -0.1) is 0 Å². The van der Waals surface area contributed by atoms with Gasteiger partial charge in [-0.3, -0.25) is 0 Å². The topological polar surface area (TPSA) is 68.0 Å². The van der Waals surface area contributed by atoms with E-state index in [-0.39, 0.29) is 6.61 Å². The lowest BCUT2D eigenvalue weighted by atomic mass is 10.1. The highest BCUT2D eigenvalue weighted by Crippen LogP contribution is 2.25. The van der Waals surface area contributed by atoms with Gasteiger partial charge in [0.2, 0.25) is 0 Å². The molecular formula is C13H20N2O3S. The number of methoxy groups -OCH3 is 2. The van der Waals surface area contributed by atoms with Gasteiger partial charge in [0.1, 0.15) is 10.7 Å². The van der Waals surface area contributed by atoms with E-state index in [9.17, 15) is 5.11 Å². The number of nitrogens with two attached hydrogens (primary N) is 1. The second-order valence-corrected chi connectivity index (χ2v) is 4.68. The number of aliphatic hydroxyl groups excluding tert-OH is 1. The number of anilines is 1. The molecule has 0 saturated heterocycles. The lowest BCUT2D eigenvalue weighted by Crippen LogP contribution is -2.33. The Hall–Kier alpha value is -1.37. The quantitative estimate of drug-likeness (QED) is 0.721. The van der Waals surface area contributed by atoms with Crippen molar-refractivity contribution in [2.24, 2.45) is 5.73 Å². The van der Waals surface area contributed by atoms with E-state index in [4.69, 9.17) is 27.4 Å². The molecule has 0 fully saturated rings. The summed E-state index contributed by atoms with van der Waals surface area (Å²) in [7, 11) is 5.00. The van der Waals surface area contributed by atoms with Crippen LogP contribution in [0.1, 0.15) is 5.56 Å². The molecule has 106 valence electrons. The van der Waals surface area contributed by atoms with Crippen molar-refractivity contribution >= 4 is 22.9 Å².